The van der Waals surface area contributed by atoms with Crippen LogP contribution in [0.2, 0.25) is 0 Å². The van der Waals surface area contributed by atoms with Crippen molar-refractivity contribution in [3.05, 3.63) is 34.3 Å². The van der Waals surface area contributed by atoms with Gasteiger partial charge in [0, 0.05) is 30.7 Å². The second-order valence-corrected chi connectivity index (χ2v) is 6.85. The van der Waals surface area contributed by atoms with Gasteiger partial charge in [-0.25, -0.2) is 0 Å². The summed E-state index contributed by atoms with van der Waals surface area (Å²) in [5.74, 6) is 0.0422. The molecule has 0 saturated carbocycles. The van der Waals surface area contributed by atoms with Gasteiger partial charge >= 0.3 is 0 Å². The summed E-state index contributed by atoms with van der Waals surface area (Å²) in [4.78, 5) is 17.0. The number of likely N-dealkylation sites (tertiary alicyclic amines) is 1. The number of methoxy groups -OCH3 is 1. The summed E-state index contributed by atoms with van der Waals surface area (Å²) in [5.41, 5.74) is 0.709. The molecule has 0 aromatic heterocycles. The first-order chi connectivity index (χ1) is 10.5. The Bertz CT molecular complexity index is 486. The Morgan fingerprint density at radius 1 is 1.32 bits per heavy atom. The third kappa shape index (κ3) is 4.31. The lowest BCUT2D eigenvalue weighted by Crippen LogP contribution is -2.50. The highest BCUT2D eigenvalue weighted by Crippen LogP contribution is 2.17. The molecule has 0 radical (unpaired) electrons. The number of carbonyl (C=O) groups excluding carboxylic acids is 1. The van der Waals surface area contributed by atoms with E-state index < -0.39 is 0 Å². The number of carbonyl (C=O) groups is 1. The second kappa shape index (κ2) is 8.09. The number of benzene rings is 1. The van der Waals surface area contributed by atoms with Crippen LogP contribution in [0.15, 0.2) is 28.7 Å². The maximum absolute atomic E-state index is 12.7. The molecule has 0 N–H and O–H groups in total. The lowest BCUT2D eigenvalue weighted by Gasteiger charge is -2.35. The van der Waals surface area contributed by atoms with E-state index in [4.69, 9.17) is 4.74 Å². The van der Waals surface area contributed by atoms with E-state index in [0.29, 0.717) is 5.56 Å². The summed E-state index contributed by atoms with van der Waals surface area (Å²) in [6.45, 7) is 5.14. The van der Waals surface area contributed by atoms with Gasteiger partial charge in [-0.05, 0) is 57.1 Å². The molecular formula is C17H25BrN2O2. The van der Waals surface area contributed by atoms with E-state index in [1.165, 1.54) is 12.8 Å². The molecule has 1 saturated heterocycles. The maximum Gasteiger partial charge on any atom is 0.253 e. The van der Waals surface area contributed by atoms with Crippen molar-refractivity contribution in [2.45, 2.75) is 31.9 Å². The Labute approximate surface area is 141 Å². The van der Waals surface area contributed by atoms with Crippen LogP contribution >= 0.6 is 15.9 Å². The highest BCUT2D eigenvalue weighted by molar-refractivity contribution is 9.10. The molecule has 0 spiro atoms. The summed E-state index contributed by atoms with van der Waals surface area (Å²) in [7, 11) is 3.58. The molecule has 1 aromatic rings. The summed E-state index contributed by atoms with van der Waals surface area (Å²) in [5, 5.41) is 0. The van der Waals surface area contributed by atoms with Crippen LogP contribution in [0.5, 0.6) is 0 Å². The first-order valence-corrected chi connectivity index (χ1v) is 8.60. The van der Waals surface area contributed by atoms with E-state index in [1.54, 1.807) is 7.11 Å². The van der Waals surface area contributed by atoms with Gasteiger partial charge < -0.3 is 14.5 Å². The molecular weight excluding hydrogens is 344 g/mol. The highest BCUT2D eigenvalue weighted by Gasteiger charge is 2.29. The fourth-order valence-electron chi connectivity index (χ4n) is 2.92. The van der Waals surface area contributed by atoms with E-state index in [9.17, 15) is 4.79 Å². The van der Waals surface area contributed by atoms with Crippen molar-refractivity contribution in [3.63, 3.8) is 0 Å². The third-order valence-electron chi connectivity index (χ3n) is 4.47. The molecule has 1 amide bonds. The Balaban J connectivity index is 2.10. The average molecular weight is 369 g/mol. The van der Waals surface area contributed by atoms with Gasteiger partial charge in [-0.2, -0.15) is 0 Å². The first kappa shape index (κ1) is 17.4. The normalized spacial score (nSPS) is 18.2. The predicted octanol–water partition coefficient (Wildman–Crippen LogP) is 3.02. The van der Waals surface area contributed by atoms with E-state index in [1.807, 2.05) is 43.1 Å². The second-order valence-electron chi connectivity index (χ2n) is 5.94. The molecule has 1 heterocycles. The lowest BCUT2D eigenvalue weighted by atomic mass is 10.1. The molecule has 2 rings (SSSR count). The molecule has 1 fully saturated rings. The van der Waals surface area contributed by atoms with Crippen LogP contribution in [-0.2, 0) is 4.74 Å². The van der Waals surface area contributed by atoms with Crippen molar-refractivity contribution in [1.29, 1.82) is 0 Å². The molecule has 0 aliphatic carbocycles. The number of hydrogen-bond donors (Lipinski definition) is 0. The van der Waals surface area contributed by atoms with Gasteiger partial charge in [0.05, 0.1) is 12.1 Å². The molecule has 2 atom stereocenters. The lowest BCUT2D eigenvalue weighted by molar-refractivity contribution is 0.0197. The van der Waals surface area contributed by atoms with Crippen molar-refractivity contribution < 1.29 is 9.53 Å². The molecule has 0 bridgehead atoms. The molecule has 1 aliphatic heterocycles. The quantitative estimate of drug-likeness (QED) is 0.773. The molecule has 4 nitrogen and oxygen atoms in total. The van der Waals surface area contributed by atoms with Crippen LogP contribution in [0.4, 0.5) is 0 Å². The summed E-state index contributed by atoms with van der Waals surface area (Å²) < 4.78 is 6.50. The van der Waals surface area contributed by atoms with Crippen molar-refractivity contribution >= 4 is 21.8 Å². The molecule has 1 aromatic carbocycles. The largest absolute Gasteiger partial charge is 0.380 e. The van der Waals surface area contributed by atoms with Gasteiger partial charge in [-0.3, -0.25) is 4.79 Å². The average Bonchev–Trinajstić information content (AvgIpc) is 3.04. The first-order valence-electron chi connectivity index (χ1n) is 7.81. The Kier molecular flexibility index (Phi) is 6.41. The minimum Gasteiger partial charge on any atom is -0.380 e. The summed E-state index contributed by atoms with van der Waals surface area (Å²) >= 11 is 3.40. The van der Waals surface area contributed by atoms with Gasteiger partial charge in [0.15, 0.2) is 0 Å². The number of halogens is 1. The smallest absolute Gasteiger partial charge is 0.253 e. The van der Waals surface area contributed by atoms with E-state index in [-0.39, 0.29) is 18.1 Å². The van der Waals surface area contributed by atoms with Gasteiger partial charge in [-0.1, -0.05) is 15.9 Å². The van der Waals surface area contributed by atoms with Crippen molar-refractivity contribution in [1.82, 2.24) is 9.80 Å². The monoisotopic (exact) mass is 368 g/mol. The number of ether oxygens (including phenoxy) is 1. The number of nitrogens with zero attached hydrogens (tertiary/aromatic N) is 2. The summed E-state index contributed by atoms with van der Waals surface area (Å²) in [6.07, 6.45) is 2.50. The highest BCUT2D eigenvalue weighted by atomic mass is 79.9. The van der Waals surface area contributed by atoms with Gasteiger partial charge in [0.1, 0.15) is 0 Å². The zero-order valence-corrected chi connectivity index (χ0v) is 15.2. The SMILES string of the molecule is CO[C@H](C)[C@@H](CN1CCCC1)N(C)C(=O)c1ccc(Br)cc1. The molecule has 1 aliphatic rings. The predicted molar refractivity (Wildman–Crippen MR) is 92.2 cm³/mol. The molecule has 22 heavy (non-hydrogen) atoms. The van der Waals surface area contributed by atoms with E-state index in [0.717, 1.165) is 24.1 Å². The number of rotatable bonds is 6. The standard InChI is InChI=1S/C17H25BrN2O2/c1-13(22-3)16(12-20-10-4-5-11-20)19(2)17(21)14-6-8-15(18)9-7-14/h6-9,13,16H,4-5,10-12H2,1-3H3/t13-,16-/m1/s1. The van der Waals surface area contributed by atoms with Crippen LogP contribution in [0, 0.1) is 0 Å². The zero-order valence-electron chi connectivity index (χ0n) is 13.6. The van der Waals surface area contributed by atoms with E-state index in [2.05, 4.69) is 20.8 Å². The molecule has 122 valence electrons. The van der Waals surface area contributed by atoms with Crippen LogP contribution < -0.4 is 0 Å². The summed E-state index contributed by atoms with van der Waals surface area (Å²) in [6, 6.07) is 7.56. The van der Waals surface area contributed by atoms with E-state index >= 15 is 0 Å². The van der Waals surface area contributed by atoms with Crippen LogP contribution in [-0.4, -0.2) is 61.6 Å². The topological polar surface area (TPSA) is 32.8 Å². The fraction of sp³-hybridized carbons (Fsp3) is 0.588. The molecule has 0 unspecified atom stereocenters. The Morgan fingerprint density at radius 2 is 1.91 bits per heavy atom. The van der Waals surface area contributed by atoms with Crippen molar-refractivity contribution in [3.8, 4) is 0 Å². The number of amides is 1. The number of hydrogen-bond acceptors (Lipinski definition) is 3. The maximum atomic E-state index is 12.7. The minimum atomic E-state index is 0.00463. The van der Waals surface area contributed by atoms with Gasteiger partial charge in [0.2, 0.25) is 0 Å². The van der Waals surface area contributed by atoms with Gasteiger partial charge in [0.25, 0.3) is 5.91 Å². The van der Waals surface area contributed by atoms with Crippen LogP contribution in [0.1, 0.15) is 30.1 Å². The van der Waals surface area contributed by atoms with Crippen LogP contribution in [0.25, 0.3) is 0 Å². The third-order valence-corrected chi connectivity index (χ3v) is 5.00. The van der Waals surface area contributed by atoms with Gasteiger partial charge in [-0.15, -0.1) is 0 Å². The fourth-order valence-corrected chi connectivity index (χ4v) is 3.18. The Morgan fingerprint density at radius 3 is 2.45 bits per heavy atom. The zero-order chi connectivity index (χ0) is 16.1. The Hall–Kier alpha value is -0.910. The number of likely N-dealkylation sites (N-methyl/N-ethyl adjacent to an activating group) is 1. The minimum absolute atomic E-state index is 0.00463. The molecule has 5 heteroatoms. The van der Waals surface area contributed by atoms with Crippen LogP contribution in [0.3, 0.4) is 0 Å². The van der Waals surface area contributed by atoms with Crippen molar-refractivity contribution in [2.24, 2.45) is 0 Å². The van der Waals surface area contributed by atoms with Crippen molar-refractivity contribution in [2.75, 3.05) is 33.8 Å².